The summed E-state index contributed by atoms with van der Waals surface area (Å²) in [5.74, 6) is 4.60. The molecule has 0 spiro atoms. The number of aromatic nitrogens is 2. The Morgan fingerprint density at radius 2 is 1.15 bits per heavy atom. The molecule has 12 rings (SSSR count). The van der Waals surface area contributed by atoms with Crippen molar-refractivity contribution < 1.29 is 4.74 Å². The second kappa shape index (κ2) is 10.8. The molecule has 0 N–H and O–H groups in total. The maximum absolute atomic E-state index is 6.92. The summed E-state index contributed by atoms with van der Waals surface area (Å²) in [6, 6.07) is 39.6. The normalized spacial score (nSPS) is 25.5. The van der Waals surface area contributed by atoms with Crippen molar-refractivity contribution in [3.05, 3.63) is 165 Å². The summed E-state index contributed by atoms with van der Waals surface area (Å²) < 4.78 is 6.92. The molecule has 0 radical (unpaired) electrons. The molecule has 2 fully saturated rings. The second-order valence-corrected chi connectivity index (χ2v) is 19.3. The molecule has 2 saturated carbocycles. The van der Waals surface area contributed by atoms with Gasteiger partial charge in [0.05, 0.1) is 22.8 Å². The minimum Gasteiger partial charge on any atom is -0.457 e. The number of hydrogen-bond donors (Lipinski definition) is 0. The standard InChI is InChI=1S/C52H48N2O/c1-50(2,3)35-15-19-46-42(25-35)52(48-8-6-7-44(53-48)33-13-17-38-29-9-11-31(21-29)40(38)23-33)43-26-36(16-20-47(43)55-46)51(4,5)37-27-45(54-49(52)28-37)34-14-18-39-30-10-12-32(22-30)41(39)24-34/h6-8,13-20,23-32H,9-12,21-22H2,1-5H3. The molecule has 2 aromatic heterocycles. The summed E-state index contributed by atoms with van der Waals surface area (Å²) >= 11 is 0. The fourth-order valence-corrected chi connectivity index (χ4v) is 11.8. The van der Waals surface area contributed by atoms with E-state index in [1.807, 2.05) is 0 Å². The van der Waals surface area contributed by atoms with Crippen LogP contribution in [-0.4, -0.2) is 9.97 Å². The first-order chi connectivity index (χ1) is 26.6. The zero-order valence-electron chi connectivity index (χ0n) is 32.7. The molecule has 55 heavy (non-hydrogen) atoms. The average molecular weight is 717 g/mol. The van der Waals surface area contributed by atoms with Crippen LogP contribution in [-0.2, 0) is 16.2 Å². The van der Waals surface area contributed by atoms with Crippen molar-refractivity contribution in [2.24, 2.45) is 0 Å². The molecule has 1 aliphatic heterocycles. The Hall–Kier alpha value is -5.02. The second-order valence-electron chi connectivity index (χ2n) is 19.3. The zero-order valence-corrected chi connectivity index (χ0v) is 32.7. The van der Waals surface area contributed by atoms with Crippen LogP contribution >= 0.6 is 0 Å². The lowest BCUT2D eigenvalue weighted by molar-refractivity contribution is 0.425. The lowest BCUT2D eigenvalue weighted by Crippen LogP contribution is -2.39. The van der Waals surface area contributed by atoms with E-state index >= 15 is 0 Å². The molecular weight excluding hydrogens is 669 g/mol. The van der Waals surface area contributed by atoms with Gasteiger partial charge in [0.25, 0.3) is 0 Å². The minimum absolute atomic E-state index is 0.0642. The highest BCUT2D eigenvalue weighted by molar-refractivity contribution is 5.74. The monoisotopic (exact) mass is 716 g/mol. The van der Waals surface area contributed by atoms with Crippen molar-refractivity contribution in [2.45, 2.75) is 113 Å². The van der Waals surface area contributed by atoms with E-state index in [1.165, 1.54) is 66.3 Å². The van der Waals surface area contributed by atoms with E-state index in [9.17, 15) is 0 Å². The van der Waals surface area contributed by atoms with Gasteiger partial charge >= 0.3 is 0 Å². The molecule has 3 nitrogen and oxygen atoms in total. The van der Waals surface area contributed by atoms with Crippen LogP contribution in [0.15, 0.2) is 103 Å². The summed E-state index contributed by atoms with van der Waals surface area (Å²) in [4.78, 5) is 11.6. The highest BCUT2D eigenvalue weighted by Crippen LogP contribution is 2.59. The number of rotatable bonds is 3. The third kappa shape index (κ3) is 4.39. The zero-order chi connectivity index (χ0) is 37.0. The number of ether oxygens (including phenoxy) is 1. The Balaban J connectivity index is 1.15. The molecule has 5 atom stereocenters. The van der Waals surface area contributed by atoms with E-state index in [2.05, 4.69) is 138 Å². The van der Waals surface area contributed by atoms with Gasteiger partial charge in [-0.15, -0.1) is 0 Å². The van der Waals surface area contributed by atoms with Crippen molar-refractivity contribution in [1.29, 1.82) is 0 Å². The van der Waals surface area contributed by atoms with E-state index in [1.54, 1.807) is 22.3 Å². The third-order valence-corrected chi connectivity index (χ3v) is 15.0. The van der Waals surface area contributed by atoms with Crippen molar-refractivity contribution in [3.8, 4) is 34.0 Å². The maximum atomic E-state index is 6.92. The fraction of sp³-hybridized carbons (Fsp3) is 0.346. The molecule has 8 bridgehead atoms. The van der Waals surface area contributed by atoms with Crippen LogP contribution in [0.25, 0.3) is 22.5 Å². The Bertz CT molecular complexity index is 2640. The van der Waals surface area contributed by atoms with Crippen LogP contribution in [0.2, 0.25) is 0 Å². The van der Waals surface area contributed by atoms with E-state index < -0.39 is 5.41 Å². The molecule has 272 valence electrons. The van der Waals surface area contributed by atoms with Crippen molar-refractivity contribution in [3.63, 3.8) is 0 Å². The van der Waals surface area contributed by atoms with Crippen molar-refractivity contribution in [1.82, 2.24) is 9.97 Å². The first-order valence-electron chi connectivity index (χ1n) is 20.8. The first kappa shape index (κ1) is 32.2. The van der Waals surface area contributed by atoms with Crippen LogP contribution < -0.4 is 4.74 Å². The number of benzene rings is 4. The summed E-state index contributed by atoms with van der Waals surface area (Å²) in [6.07, 6.45) is 7.93. The van der Waals surface area contributed by atoms with Crippen molar-refractivity contribution >= 4 is 0 Å². The largest absolute Gasteiger partial charge is 0.457 e. The SMILES string of the molecule is CC(C)(C)c1ccc2c(c1)C1(c3cccc(-c4ccc5c(c4)C4CCC5C4)n3)c3cc(cc(-c4ccc5c(c4)C4CCC5C4)n3)C(C)(C)c3ccc(c1c3)O2. The van der Waals surface area contributed by atoms with Gasteiger partial charge in [-0.2, -0.15) is 0 Å². The van der Waals surface area contributed by atoms with Gasteiger partial charge in [-0.3, -0.25) is 9.97 Å². The summed E-state index contributed by atoms with van der Waals surface area (Å²) in [5.41, 5.74) is 17.6. The topological polar surface area (TPSA) is 35.0 Å². The fourth-order valence-electron chi connectivity index (χ4n) is 11.8. The minimum atomic E-state index is -0.816. The Labute approximate surface area is 325 Å². The Morgan fingerprint density at radius 1 is 0.545 bits per heavy atom. The number of fused-ring (bicyclic) bond motifs is 16. The molecule has 0 amide bonds. The number of pyridine rings is 2. The van der Waals surface area contributed by atoms with Crippen LogP contribution in [0, 0.1) is 0 Å². The van der Waals surface area contributed by atoms with Crippen LogP contribution in [0.3, 0.4) is 0 Å². The maximum Gasteiger partial charge on any atom is 0.132 e. The predicted octanol–water partition coefficient (Wildman–Crippen LogP) is 13.0. The van der Waals surface area contributed by atoms with Crippen LogP contribution in [0.5, 0.6) is 11.5 Å². The molecule has 6 aromatic rings. The van der Waals surface area contributed by atoms with Crippen LogP contribution in [0.1, 0.15) is 158 Å². The molecule has 0 saturated heterocycles. The predicted molar refractivity (Wildman–Crippen MR) is 221 cm³/mol. The molecule has 5 aliphatic carbocycles. The van der Waals surface area contributed by atoms with Gasteiger partial charge in [-0.25, -0.2) is 0 Å². The van der Waals surface area contributed by atoms with Gasteiger partial charge in [0.1, 0.15) is 16.9 Å². The van der Waals surface area contributed by atoms with Gasteiger partial charge in [0.2, 0.25) is 0 Å². The van der Waals surface area contributed by atoms with E-state index in [0.717, 1.165) is 57.2 Å². The summed E-state index contributed by atoms with van der Waals surface area (Å²) in [7, 11) is 0. The molecule has 4 aromatic carbocycles. The first-order valence-corrected chi connectivity index (χ1v) is 20.8. The quantitative estimate of drug-likeness (QED) is 0.183. The molecule has 3 heteroatoms. The Kier molecular flexibility index (Phi) is 6.36. The molecular formula is C52H48N2O. The van der Waals surface area contributed by atoms with Gasteiger partial charge in [-0.05, 0) is 167 Å². The smallest absolute Gasteiger partial charge is 0.132 e. The van der Waals surface area contributed by atoms with Crippen LogP contribution in [0.4, 0.5) is 0 Å². The number of hydrogen-bond acceptors (Lipinski definition) is 3. The van der Waals surface area contributed by atoms with Crippen molar-refractivity contribution in [2.75, 3.05) is 0 Å². The van der Waals surface area contributed by atoms with Gasteiger partial charge in [-0.1, -0.05) is 77.1 Å². The molecule has 3 heterocycles. The highest BCUT2D eigenvalue weighted by atomic mass is 16.5. The lowest BCUT2D eigenvalue weighted by Gasteiger charge is -2.43. The van der Waals surface area contributed by atoms with Gasteiger partial charge in [0, 0.05) is 27.7 Å². The average Bonchev–Trinajstić information content (AvgIpc) is 4.02. The van der Waals surface area contributed by atoms with Gasteiger partial charge < -0.3 is 4.74 Å². The number of nitrogens with zero attached hydrogens (tertiary/aromatic N) is 2. The Morgan fingerprint density at radius 3 is 1.82 bits per heavy atom. The van der Waals surface area contributed by atoms with E-state index in [-0.39, 0.29) is 10.8 Å². The molecule has 5 unspecified atom stereocenters. The third-order valence-electron chi connectivity index (χ3n) is 15.0. The highest BCUT2D eigenvalue weighted by Gasteiger charge is 2.51. The van der Waals surface area contributed by atoms with Gasteiger partial charge in [0.15, 0.2) is 0 Å². The summed E-state index contributed by atoms with van der Waals surface area (Å²) in [6.45, 7) is 11.6. The molecule has 6 aliphatic rings. The lowest BCUT2D eigenvalue weighted by atomic mass is 9.62. The summed E-state index contributed by atoms with van der Waals surface area (Å²) in [5, 5.41) is 0. The van der Waals surface area contributed by atoms with E-state index in [0.29, 0.717) is 11.8 Å². The van der Waals surface area contributed by atoms with E-state index in [4.69, 9.17) is 14.7 Å².